The van der Waals surface area contributed by atoms with Gasteiger partial charge in [0.2, 0.25) is 0 Å². The Morgan fingerprint density at radius 1 is 1.23 bits per heavy atom. The first-order chi connectivity index (χ1) is 12.5. The normalized spacial score (nSPS) is 10.9. The van der Waals surface area contributed by atoms with E-state index in [1.54, 1.807) is 6.08 Å². The van der Waals surface area contributed by atoms with Crippen LogP contribution >= 0.6 is 0 Å². The molecule has 0 aliphatic carbocycles. The number of rotatable bonds is 8. The smallest absolute Gasteiger partial charge is 0.331 e. The number of ether oxygens (including phenoxy) is 1. The van der Waals surface area contributed by atoms with Gasteiger partial charge in [-0.25, -0.2) is 9.48 Å². The maximum Gasteiger partial charge on any atom is 0.331 e. The lowest BCUT2D eigenvalue weighted by Crippen LogP contribution is -2.29. The molecule has 0 unspecified atom stereocenters. The molecular formula is C20H25N3O3. The number of nitrogens with one attached hydrogen (secondary N) is 1. The van der Waals surface area contributed by atoms with Gasteiger partial charge in [0.1, 0.15) is 0 Å². The van der Waals surface area contributed by atoms with Crippen LogP contribution in [-0.2, 0) is 14.3 Å². The zero-order valence-corrected chi connectivity index (χ0v) is 15.5. The van der Waals surface area contributed by atoms with Gasteiger partial charge >= 0.3 is 5.97 Å². The van der Waals surface area contributed by atoms with E-state index in [9.17, 15) is 9.59 Å². The Hall–Kier alpha value is -2.89. The summed E-state index contributed by atoms with van der Waals surface area (Å²) in [7, 11) is 0. The fourth-order valence-corrected chi connectivity index (χ4v) is 2.51. The number of benzene rings is 1. The van der Waals surface area contributed by atoms with Crippen LogP contribution in [0.4, 0.5) is 0 Å². The number of hydrogen-bond acceptors (Lipinski definition) is 4. The van der Waals surface area contributed by atoms with E-state index in [4.69, 9.17) is 4.74 Å². The van der Waals surface area contributed by atoms with Crippen molar-refractivity contribution in [2.24, 2.45) is 0 Å². The van der Waals surface area contributed by atoms with E-state index in [1.165, 1.54) is 6.08 Å². The number of aromatic nitrogens is 2. The molecule has 1 N–H and O–H groups in total. The van der Waals surface area contributed by atoms with Crippen LogP contribution in [0.5, 0.6) is 0 Å². The molecule has 26 heavy (non-hydrogen) atoms. The van der Waals surface area contributed by atoms with Gasteiger partial charge in [0.15, 0.2) is 6.61 Å². The van der Waals surface area contributed by atoms with Crippen LogP contribution in [-0.4, -0.2) is 34.8 Å². The number of hydrogen-bond donors (Lipinski definition) is 1. The van der Waals surface area contributed by atoms with Crippen molar-refractivity contribution in [3.8, 4) is 5.69 Å². The number of esters is 1. The average Bonchev–Trinajstić information content (AvgIpc) is 2.93. The van der Waals surface area contributed by atoms with Crippen LogP contribution in [0.25, 0.3) is 11.8 Å². The van der Waals surface area contributed by atoms with Gasteiger partial charge in [-0.15, -0.1) is 0 Å². The lowest BCUT2D eigenvalue weighted by molar-refractivity contribution is -0.143. The maximum atomic E-state index is 11.8. The molecule has 0 aliphatic rings. The van der Waals surface area contributed by atoms with Gasteiger partial charge in [-0.2, -0.15) is 5.10 Å². The molecular weight excluding hydrogens is 330 g/mol. The lowest BCUT2D eigenvalue weighted by Gasteiger charge is -2.04. The third-order valence-corrected chi connectivity index (χ3v) is 3.93. The molecule has 0 spiro atoms. The highest BCUT2D eigenvalue weighted by molar-refractivity contribution is 5.89. The van der Waals surface area contributed by atoms with Crippen molar-refractivity contribution in [2.75, 3.05) is 13.2 Å². The molecule has 0 atom stereocenters. The van der Waals surface area contributed by atoms with Crippen LogP contribution in [0.3, 0.4) is 0 Å². The van der Waals surface area contributed by atoms with Gasteiger partial charge in [0.25, 0.3) is 5.91 Å². The molecule has 1 heterocycles. The van der Waals surface area contributed by atoms with Gasteiger partial charge in [-0.3, -0.25) is 4.79 Å². The van der Waals surface area contributed by atoms with E-state index in [0.29, 0.717) is 6.54 Å². The fourth-order valence-electron chi connectivity index (χ4n) is 2.51. The number of carbonyl (C=O) groups is 2. The van der Waals surface area contributed by atoms with Crippen molar-refractivity contribution in [2.45, 2.75) is 33.6 Å². The van der Waals surface area contributed by atoms with Gasteiger partial charge in [0.05, 0.1) is 11.4 Å². The summed E-state index contributed by atoms with van der Waals surface area (Å²) in [5.41, 5.74) is 3.56. The molecule has 0 bridgehead atoms. The first-order valence-corrected chi connectivity index (χ1v) is 8.76. The number of unbranched alkanes of at least 4 members (excludes halogenated alkanes) is 1. The SMILES string of the molecule is CCCCNC(=O)COC(=O)/C=C/c1c(C)nn(-c2ccccc2)c1C. The Bertz CT molecular complexity index is 779. The van der Waals surface area contributed by atoms with Gasteiger partial charge in [-0.1, -0.05) is 31.5 Å². The second-order valence-electron chi connectivity index (χ2n) is 5.98. The Kier molecular flexibility index (Phi) is 7.14. The van der Waals surface area contributed by atoms with Crippen molar-refractivity contribution < 1.29 is 14.3 Å². The highest BCUT2D eigenvalue weighted by atomic mass is 16.5. The predicted octanol–water partition coefficient (Wildman–Crippen LogP) is 2.96. The number of aryl methyl sites for hydroxylation is 1. The van der Waals surface area contributed by atoms with Crippen molar-refractivity contribution >= 4 is 18.0 Å². The van der Waals surface area contributed by atoms with Gasteiger partial charge < -0.3 is 10.1 Å². The standard InChI is InChI=1S/C20H25N3O3/c1-4-5-13-21-19(24)14-26-20(25)12-11-18-15(2)22-23(16(18)3)17-9-7-6-8-10-17/h6-12H,4-5,13-14H2,1-3H3,(H,21,24)/b12-11+. The molecule has 0 aliphatic heterocycles. The summed E-state index contributed by atoms with van der Waals surface area (Å²) >= 11 is 0. The van der Waals surface area contributed by atoms with Crippen molar-refractivity contribution in [3.63, 3.8) is 0 Å². The Labute approximate surface area is 153 Å². The molecule has 6 heteroatoms. The second kappa shape index (κ2) is 9.56. The summed E-state index contributed by atoms with van der Waals surface area (Å²) < 4.78 is 6.80. The molecule has 2 aromatic rings. The number of amides is 1. The van der Waals surface area contributed by atoms with E-state index in [2.05, 4.69) is 10.4 Å². The zero-order chi connectivity index (χ0) is 18.9. The molecule has 0 fully saturated rings. The lowest BCUT2D eigenvalue weighted by atomic mass is 10.2. The molecule has 1 amide bonds. The quantitative estimate of drug-likeness (QED) is 0.449. The van der Waals surface area contributed by atoms with Gasteiger partial charge in [-0.05, 0) is 38.5 Å². The van der Waals surface area contributed by atoms with E-state index in [1.807, 2.05) is 55.8 Å². The first-order valence-electron chi connectivity index (χ1n) is 8.76. The van der Waals surface area contributed by atoms with Crippen LogP contribution in [0.15, 0.2) is 36.4 Å². The summed E-state index contributed by atoms with van der Waals surface area (Å²) in [5.74, 6) is -0.841. The molecule has 0 radical (unpaired) electrons. The average molecular weight is 355 g/mol. The molecule has 0 saturated carbocycles. The third-order valence-electron chi connectivity index (χ3n) is 3.93. The summed E-state index contributed by atoms with van der Waals surface area (Å²) in [4.78, 5) is 23.4. The van der Waals surface area contributed by atoms with Crippen molar-refractivity contribution in [1.29, 1.82) is 0 Å². The predicted molar refractivity (Wildman–Crippen MR) is 101 cm³/mol. The monoisotopic (exact) mass is 355 g/mol. The summed E-state index contributed by atoms with van der Waals surface area (Å²) in [6, 6.07) is 9.79. The Morgan fingerprint density at radius 3 is 2.65 bits per heavy atom. The second-order valence-corrected chi connectivity index (χ2v) is 5.98. The minimum absolute atomic E-state index is 0.270. The summed E-state index contributed by atoms with van der Waals surface area (Å²) in [6.07, 6.45) is 4.90. The van der Waals surface area contributed by atoms with E-state index < -0.39 is 5.97 Å². The topological polar surface area (TPSA) is 73.2 Å². The molecule has 138 valence electrons. The van der Waals surface area contributed by atoms with Gasteiger partial charge in [0, 0.05) is 23.9 Å². The summed E-state index contributed by atoms with van der Waals surface area (Å²) in [5, 5.41) is 7.22. The summed E-state index contributed by atoms with van der Waals surface area (Å²) in [6.45, 7) is 6.20. The molecule has 0 saturated heterocycles. The van der Waals surface area contributed by atoms with Crippen molar-refractivity contribution in [3.05, 3.63) is 53.4 Å². The zero-order valence-electron chi connectivity index (χ0n) is 15.5. The number of nitrogens with zero attached hydrogens (tertiary/aromatic N) is 2. The van der Waals surface area contributed by atoms with Crippen LogP contribution in [0.1, 0.15) is 36.7 Å². The molecule has 1 aromatic carbocycles. The van der Waals surface area contributed by atoms with E-state index in [-0.39, 0.29) is 12.5 Å². The highest BCUT2D eigenvalue weighted by Gasteiger charge is 2.11. The highest BCUT2D eigenvalue weighted by Crippen LogP contribution is 2.19. The molecule has 1 aromatic heterocycles. The molecule has 2 rings (SSSR count). The first kappa shape index (κ1) is 19.4. The minimum Gasteiger partial charge on any atom is -0.452 e. The number of carbonyl (C=O) groups excluding carboxylic acids is 2. The number of para-hydroxylation sites is 1. The minimum atomic E-state index is -0.554. The largest absolute Gasteiger partial charge is 0.452 e. The Morgan fingerprint density at radius 2 is 1.96 bits per heavy atom. The van der Waals surface area contributed by atoms with Crippen LogP contribution in [0.2, 0.25) is 0 Å². The van der Waals surface area contributed by atoms with Crippen LogP contribution < -0.4 is 5.32 Å². The van der Waals surface area contributed by atoms with E-state index >= 15 is 0 Å². The Balaban J connectivity index is 1.97. The third kappa shape index (κ3) is 5.31. The molecule has 6 nitrogen and oxygen atoms in total. The van der Waals surface area contributed by atoms with E-state index in [0.717, 1.165) is 35.5 Å². The maximum absolute atomic E-state index is 11.8. The van der Waals surface area contributed by atoms with Crippen LogP contribution in [0, 0.1) is 13.8 Å². The van der Waals surface area contributed by atoms with Crippen molar-refractivity contribution in [1.82, 2.24) is 15.1 Å². The fraction of sp³-hybridized carbons (Fsp3) is 0.350.